The number of amides is 1. The summed E-state index contributed by atoms with van der Waals surface area (Å²) in [6.45, 7) is 1.70. The number of hydrazine groups is 1. The Kier molecular flexibility index (Phi) is 3.13. The predicted molar refractivity (Wildman–Crippen MR) is 39.5 cm³/mol. The smallest absolute Gasteiger partial charge is 0.411 e. The van der Waals surface area contributed by atoms with Crippen molar-refractivity contribution in [2.24, 2.45) is 5.84 Å². The summed E-state index contributed by atoms with van der Waals surface area (Å²) in [5.41, 5.74) is 2.25. The van der Waals surface area contributed by atoms with Gasteiger partial charge in [-0.15, -0.1) is 0 Å². The number of rotatable bonds is 2. The van der Waals surface area contributed by atoms with Gasteiger partial charge in [-0.25, -0.2) is 10.2 Å². The fraction of sp³-hybridized carbons (Fsp3) is 0.833. The molecule has 0 atom stereocenters. The fourth-order valence-electron chi connectivity index (χ4n) is 1.09. The van der Waals surface area contributed by atoms with Crippen molar-refractivity contribution in [2.75, 3.05) is 19.8 Å². The highest BCUT2D eigenvalue weighted by Gasteiger charge is 2.18. The molecule has 0 bridgehead atoms. The summed E-state index contributed by atoms with van der Waals surface area (Å²) in [6.07, 6.45) is 1.87. The molecular weight excluding hydrogens is 146 g/mol. The van der Waals surface area contributed by atoms with Crippen molar-refractivity contribution >= 4 is 6.09 Å². The molecule has 64 valence electrons. The number of hydrogen-bond acceptors (Lipinski definition) is 4. The summed E-state index contributed by atoms with van der Waals surface area (Å²) in [5.74, 6) is 4.93. The molecule has 1 aliphatic rings. The van der Waals surface area contributed by atoms with Gasteiger partial charge in [0, 0.05) is 13.1 Å². The van der Waals surface area contributed by atoms with Gasteiger partial charge in [0.05, 0.1) is 0 Å². The average molecular weight is 159 g/mol. The van der Waals surface area contributed by atoms with E-state index >= 15 is 0 Å². The summed E-state index contributed by atoms with van der Waals surface area (Å²) in [7, 11) is 0. The van der Waals surface area contributed by atoms with Gasteiger partial charge in [0.1, 0.15) is 0 Å². The molecule has 5 heteroatoms. The molecule has 1 heterocycles. The van der Waals surface area contributed by atoms with E-state index in [1.165, 1.54) is 0 Å². The number of likely N-dealkylation sites (tertiary alicyclic amines) is 1. The van der Waals surface area contributed by atoms with Gasteiger partial charge in [0.25, 0.3) is 0 Å². The van der Waals surface area contributed by atoms with Crippen molar-refractivity contribution in [1.82, 2.24) is 10.3 Å². The van der Waals surface area contributed by atoms with Gasteiger partial charge in [-0.3, -0.25) is 5.84 Å². The van der Waals surface area contributed by atoms with Crippen LogP contribution in [0.1, 0.15) is 12.8 Å². The minimum Gasteiger partial charge on any atom is -0.432 e. The summed E-state index contributed by atoms with van der Waals surface area (Å²) in [5, 5.41) is 0. The third-order valence-electron chi connectivity index (χ3n) is 1.64. The number of nitrogens with two attached hydrogens (primary N) is 1. The van der Waals surface area contributed by atoms with Crippen molar-refractivity contribution in [2.45, 2.75) is 12.8 Å². The molecule has 1 rings (SSSR count). The standard InChI is InChI=1S/C6H13N3O2/c7-8-5-11-6(10)9-3-1-2-4-9/h8H,1-5,7H2. The van der Waals surface area contributed by atoms with Crippen LogP contribution in [0, 0.1) is 0 Å². The normalized spacial score (nSPS) is 17.0. The van der Waals surface area contributed by atoms with Crippen LogP contribution in [0.25, 0.3) is 0 Å². The van der Waals surface area contributed by atoms with Crippen LogP contribution in [0.3, 0.4) is 0 Å². The first-order valence-electron chi connectivity index (χ1n) is 3.70. The van der Waals surface area contributed by atoms with E-state index in [-0.39, 0.29) is 12.8 Å². The molecule has 0 radical (unpaired) electrons. The lowest BCUT2D eigenvalue weighted by Gasteiger charge is -2.14. The van der Waals surface area contributed by atoms with Crippen molar-refractivity contribution in [1.29, 1.82) is 0 Å². The maximum atomic E-state index is 11.0. The predicted octanol–water partition coefficient (Wildman–Crippen LogP) is -0.360. The fourth-order valence-corrected chi connectivity index (χ4v) is 1.09. The molecule has 1 saturated heterocycles. The van der Waals surface area contributed by atoms with E-state index in [4.69, 9.17) is 10.6 Å². The molecular formula is C6H13N3O2. The maximum absolute atomic E-state index is 11.0. The number of carbonyl (C=O) groups excluding carboxylic acids is 1. The van der Waals surface area contributed by atoms with Crippen LogP contribution in [-0.4, -0.2) is 30.8 Å². The Morgan fingerprint density at radius 3 is 2.73 bits per heavy atom. The zero-order valence-electron chi connectivity index (χ0n) is 6.38. The molecule has 11 heavy (non-hydrogen) atoms. The van der Waals surface area contributed by atoms with Crippen LogP contribution in [0.15, 0.2) is 0 Å². The number of hydrogen-bond donors (Lipinski definition) is 2. The Morgan fingerprint density at radius 2 is 2.18 bits per heavy atom. The van der Waals surface area contributed by atoms with Crippen LogP contribution in [0.5, 0.6) is 0 Å². The second kappa shape index (κ2) is 4.15. The van der Waals surface area contributed by atoms with Crippen LogP contribution in [-0.2, 0) is 4.74 Å². The van der Waals surface area contributed by atoms with Gasteiger partial charge in [-0.05, 0) is 12.8 Å². The van der Waals surface area contributed by atoms with Gasteiger partial charge in [0.15, 0.2) is 6.73 Å². The highest BCUT2D eigenvalue weighted by molar-refractivity contribution is 5.67. The molecule has 0 aromatic rings. The summed E-state index contributed by atoms with van der Waals surface area (Å²) >= 11 is 0. The maximum Gasteiger partial charge on any atom is 0.411 e. The lowest BCUT2D eigenvalue weighted by molar-refractivity contribution is 0.103. The molecule has 1 fully saturated rings. The first-order valence-corrected chi connectivity index (χ1v) is 3.70. The van der Waals surface area contributed by atoms with Crippen LogP contribution in [0.2, 0.25) is 0 Å². The molecule has 1 amide bonds. The van der Waals surface area contributed by atoms with E-state index in [1.54, 1.807) is 4.90 Å². The quantitative estimate of drug-likeness (QED) is 0.328. The molecule has 0 aromatic heterocycles. The monoisotopic (exact) mass is 159 g/mol. The Balaban J connectivity index is 2.17. The summed E-state index contributed by atoms with van der Waals surface area (Å²) in [4.78, 5) is 12.7. The van der Waals surface area contributed by atoms with Gasteiger partial charge < -0.3 is 9.64 Å². The molecule has 5 nitrogen and oxygen atoms in total. The van der Waals surface area contributed by atoms with E-state index in [0.29, 0.717) is 0 Å². The van der Waals surface area contributed by atoms with Crippen LogP contribution in [0.4, 0.5) is 4.79 Å². The third kappa shape index (κ3) is 2.36. The molecule has 0 spiro atoms. The second-order valence-electron chi connectivity index (χ2n) is 2.45. The molecule has 1 aliphatic heterocycles. The minimum atomic E-state index is -0.277. The number of nitrogens with zero attached hydrogens (tertiary/aromatic N) is 1. The Bertz CT molecular complexity index is 134. The van der Waals surface area contributed by atoms with Gasteiger partial charge in [0.2, 0.25) is 0 Å². The molecule has 3 N–H and O–H groups in total. The van der Waals surface area contributed by atoms with E-state index in [9.17, 15) is 4.79 Å². The minimum absolute atomic E-state index is 0.0787. The molecule has 0 unspecified atom stereocenters. The first kappa shape index (κ1) is 8.29. The highest BCUT2D eigenvalue weighted by atomic mass is 16.6. The van der Waals surface area contributed by atoms with Crippen molar-refractivity contribution in [3.05, 3.63) is 0 Å². The molecule has 0 saturated carbocycles. The summed E-state index contributed by atoms with van der Waals surface area (Å²) in [6, 6.07) is 0. The number of ether oxygens (including phenoxy) is 1. The first-order chi connectivity index (χ1) is 5.34. The zero-order chi connectivity index (χ0) is 8.10. The molecule has 0 aromatic carbocycles. The Morgan fingerprint density at radius 1 is 1.55 bits per heavy atom. The van der Waals surface area contributed by atoms with E-state index in [2.05, 4.69) is 5.43 Å². The van der Waals surface area contributed by atoms with Gasteiger partial charge in [-0.2, -0.15) is 0 Å². The largest absolute Gasteiger partial charge is 0.432 e. The lowest BCUT2D eigenvalue weighted by atomic mass is 10.4. The van der Waals surface area contributed by atoms with Gasteiger partial charge in [-0.1, -0.05) is 0 Å². The topological polar surface area (TPSA) is 67.6 Å². The van der Waals surface area contributed by atoms with E-state index < -0.39 is 0 Å². The molecule has 0 aliphatic carbocycles. The van der Waals surface area contributed by atoms with Crippen molar-refractivity contribution in [3.63, 3.8) is 0 Å². The number of carbonyl (C=O) groups is 1. The average Bonchev–Trinajstić information content (AvgIpc) is 2.52. The van der Waals surface area contributed by atoms with E-state index in [1.807, 2.05) is 0 Å². The zero-order valence-corrected chi connectivity index (χ0v) is 6.38. The highest BCUT2D eigenvalue weighted by Crippen LogP contribution is 2.07. The lowest BCUT2D eigenvalue weighted by Crippen LogP contribution is -2.33. The van der Waals surface area contributed by atoms with Gasteiger partial charge >= 0.3 is 6.09 Å². The van der Waals surface area contributed by atoms with Crippen molar-refractivity contribution < 1.29 is 9.53 Å². The van der Waals surface area contributed by atoms with Crippen LogP contribution >= 0.6 is 0 Å². The summed E-state index contributed by atoms with van der Waals surface area (Å²) < 4.78 is 4.73. The second-order valence-corrected chi connectivity index (χ2v) is 2.45. The Labute approximate surface area is 65.5 Å². The van der Waals surface area contributed by atoms with E-state index in [0.717, 1.165) is 25.9 Å². The SMILES string of the molecule is NNCOC(=O)N1CCCC1. The Hall–Kier alpha value is -0.810. The van der Waals surface area contributed by atoms with Crippen molar-refractivity contribution in [3.8, 4) is 0 Å². The van der Waals surface area contributed by atoms with Crippen LogP contribution < -0.4 is 11.3 Å². The number of nitrogens with one attached hydrogen (secondary N) is 1. The third-order valence-corrected chi connectivity index (χ3v) is 1.64.